The molecule has 1 N–H and O–H groups in total. The van der Waals surface area contributed by atoms with E-state index in [4.69, 9.17) is 14.2 Å². The zero-order chi connectivity index (χ0) is 20.7. The zero-order valence-corrected chi connectivity index (χ0v) is 17.7. The van der Waals surface area contributed by atoms with Gasteiger partial charge in [0.25, 0.3) is 5.91 Å². The summed E-state index contributed by atoms with van der Waals surface area (Å²) >= 11 is 0. The summed E-state index contributed by atoms with van der Waals surface area (Å²) in [6.07, 6.45) is 4.25. The van der Waals surface area contributed by atoms with E-state index in [1.165, 1.54) is 7.11 Å². The largest absolute Gasteiger partial charge is 0.490 e. The van der Waals surface area contributed by atoms with Gasteiger partial charge in [-0.25, -0.2) is 4.79 Å². The summed E-state index contributed by atoms with van der Waals surface area (Å²) in [5.74, 6) is 0.223. The SMILES string of the molecule is CCO[C@@]1(C(=O)Nc2ccc(O[C@@H](C)CC)c(C(=O)OC)c2)CCC[C@@H](C)C1. The predicted molar refractivity (Wildman–Crippen MR) is 109 cm³/mol. The van der Waals surface area contributed by atoms with Gasteiger partial charge >= 0.3 is 5.97 Å². The summed E-state index contributed by atoms with van der Waals surface area (Å²) in [5, 5.41) is 2.94. The van der Waals surface area contributed by atoms with Gasteiger partial charge in [0.1, 0.15) is 16.9 Å². The molecule has 0 heterocycles. The van der Waals surface area contributed by atoms with Crippen molar-refractivity contribution in [2.45, 2.75) is 71.5 Å². The third kappa shape index (κ3) is 5.25. The molecule has 2 rings (SSSR count). The molecule has 28 heavy (non-hydrogen) atoms. The monoisotopic (exact) mass is 391 g/mol. The van der Waals surface area contributed by atoms with Gasteiger partial charge in [-0.1, -0.05) is 20.3 Å². The van der Waals surface area contributed by atoms with Crippen LogP contribution in [-0.2, 0) is 14.3 Å². The Labute approximate surface area is 167 Å². The average molecular weight is 392 g/mol. The molecule has 0 saturated heterocycles. The zero-order valence-electron chi connectivity index (χ0n) is 17.7. The number of carbonyl (C=O) groups is 2. The Hall–Kier alpha value is -2.08. The van der Waals surface area contributed by atoms with Gasteiger partial charge in [-0.05, 0) is 63.6 Å². The van der Waals surface area contributed by atoms with Crippen molar-refractivity contribution in [2.24, 2.45) is 5.92 Å². The number of methoxy groups -OCH3 is 1. The highest BCUT2D eigenvalue weighted by atomic mass is 16.5. The molecule has 1 saturated carbocycles. The molecule has 1 fully saturated rings. The molecule has 156 valence electrons. The number of nitrogens with one attached hydrogen (secondary N) is 1. The Morgan fingerprint density at radius 1 is 1.32 bits per heavy atom. The van der Waals surface area contributed by atoms with Gasteiger partial charge in [0, 0.05) is 12.3 Å². The van der Waals surface area contributed by atoms with Crippen molar-refractivity contribution in [1.82, 2.24) is 0 Å². The van der Waals surface area contributed by atoms with Gasteiger partial charge in [-0.2, -0.15) is 0 Å². The minimum absolute atomic E-state index is 0.0335. The molecule has 0 radical (unpaired) electrons. The van der Waals surface area contributed by atoms with Crippen LogP contribution in [0.1, 0.15) is 70.2 Å². The molecular weight excluding hydrogens is 358 g/mol. The molecule has 1 aromatic rings. The van der Waals surface area contributed by atoms with Crippen molar-refractivity contribution in [3.05, 3.63) is 23.8 Å². The number of rotatable bonds is 8. The number of carbonyl (C=O) groups excluding carboxylic acids is 2. The minimum Gasteiger partial charge on any atom is -0.490 e. The van der Waals surface area contributed by atoms with Crippen LogP contribution in [0.5, 0.6) is 5.75 Å². The first-order chi connectivity index (χ1) is 13.3. The number of benzene rings is 1. The van der Waals surface area contributed by atoms with Gasteiger partial charge in [-0.15, -0.1) is 0 Å². The van der Waals surface area contributed by atoms with Crippen LogP contribution in [0.3, 0.4) is 0 Å². The fourth-order valence-electron chi connectivity index (χ4n) is 3.71. The summed E-state index contributed by atoms with van der Waals surface area (Å²) in [6, 6.07) is 5.05. The summed E-state index contributed by atoms with van der Waals surface area (Å²) in [4.78, 5) is 25.3. The maximum atomic E-state index is 13.1. The van der Waals surface area contributed by atoms with E-state index in [-0.39, 0.29) is 12.0 Å². The third-order valence-corrected chi connectivity index (χ3v) is 5.34. The molecule has 0 bridgehead atoms. The van der Waals surface area contributed by atoms with Gasteiger partial charge < -0.3 is 19.5 Å². The van der Waals surface area contributed by atoms with Gasteiger partial charge in [0.05, 0.1) is 13.2 Å². The predicted octanol–water partition coefficient (Wildman–Crippen LogP) is 4.57. The number of esters is 1. The number of ether oxygens (including phenoxy) is 3. The van der Waals surface area contributed by atoms with Crippen molar-refractivity contribution in [3.8, 4) is 5.75 Å². The summed E-state index contributed by atoms with van der Waals surface area (Å²) in [6.45, 7) is 8.48. The quantitative estimate of drug-likeness (QED) is 0.657. The molecule has 1 aliphatic rings. The maximum Gasteiger partial charge on any atom is 0.341 e. The van der Waals surface area contributed by atoms with Gasteiger partial charge in [0.15, 0.2) is 0 Å². The minimum atomic E-state index is -0.816. The molecule has 0 aliphatic heterocycles. The van der Waals surface area contributed by atoms with Crippen LogP contribution in [0.15, 0.2) is 18.2 Å². The van der Waals surface area contributed by atoms with E-state index >= 15 is 0 Å². The number of hydrogen-bond donors (Lipinski definition) is 1. The molecule has 1 aliphatic carbocycles. The van der Waals surface area contributed by atoms with Crippen molar-refractivity contribution in [3.63, 3.8) is 0 Å². The lowest BCUT2D eigenvalue weighted by Crippen LogP contribution is -2.48. The van der Waals surface area contributed by atoms with Crippen molar-refractivity contribution < 1.29 is 23.8 Å². The lowest BCUT2D eigenvalue weighted by Gasteiger charge is -2.38. The van der Waals surface area contributed by atoms with Crippen LogP contribution in [0, 0.1) is 5.92 Å². The fraction of sp³-hybridized carbons (Fsp3) is 0.636. The van der Waals surface area contributed by atoms with Crippen LogP contribution in [0.25, 0.3) is 0 Å². The van der Waals surface area contributed by atoms with Crippen molar-refractivity contribution in [1.29, 1.82) is 0 Å². The second kappa shape index (κ2) is 9.92. The van der Waals surface area contributed by atoms with Gasteiger partial charge in [-0.3, -0.25) is 4.79 Å². The first-order valence-electron chi connectivity index (χ1n) is 10.2. The number of anilines is 1. The maximum absolute atomic E-state index is 13.1. The molecule has 1 amide bonds. The molecule has 1 aromatic carbocycles. The number of hydrogen-bond acceptors (Lipinski definition) is 5. The van der Waals surface area contributed by atoms with Crippen LogP contribution in [0.4, 0.5) is 5.69 Å². The second-order valence-electron chi connectivity index (χ2n) is 7.62. The first kappa shape index (κ1) is 22.2. The summed E-state index contributed by atoms with van der Waals surface area (Å²) in [5.41, 5.74) is 0.00582. The summed E-state index contributed by atoms with van der Waals surface area (Å²) < 4.78 is 16.6. The lowest BCUT2D eigenvalue weighted by molar-refractivity contribution is -0.147. The van der Waals surface area contributed by atoms with E-state index in [2.05, 4.69) is 12.2 Å². The Morgan fingerprint density at radius 3 is 2.68 bits per heavy atom. The Kier molecular flexibility index (Phi) is 7.87. The van der Waals surface area contributed by atoms with Crippen molar-refractivity contribution >= 4 is 17.6 Å². The highest BCUT2D eigenvalue weighted by Crippen LogP contribution is 2.36. The van der Waals surface area contributed by atoms with E-state index < -0.39 is 11.6 Å². The highest BCUT2D eigenvalue weighted by Gasteiger charge is 2.42. The topological polar surface area (TPSA) is 73.9 Å². The molecule has 0 aromatic heterocycles. The van der Waals surface area contributed by atoms with Crippen LogP contribution in [-0.4, -0.2) is 37.3 Å². The van der Waals surface area contributed by atoms with Gasteiger partial charge in [0.2, 0.25) is 0 Å². The molecule has 6 nitrogen and oxygen atoms in total. The third-order valence-electron chi connectivity index (χ3n) is 5.34. The van der Waals surface area contributed by atoms with E-state index in [1.54, 1.807) is 18.2 Å². The van der Waals surface area contributed by atoms with E-state index in [9.17, 15) is 9.59 Å². The van der Waals surface area contributed by atoms with Crippen molar-refractivity contribution in [2.75, 3.05) is 19.0 Å². The smallest absolute Gasteiger partial charge is 0.341 e. The molecular formula is C22H33NO5. The number of amides is 1. The molecule has 6 heteroatoms. The highest BCUT2D eigenvalue weighted by molar-refractivity contribution is 5.99. The fourth-order valence-corrected chi connectivity index (χ4v) is 3.71. The van der Waals surface area contributed by atoms with Crippen LogP contribution in [0.2, 0.25) is 0 Å². The normalized spacial score (nSPS) is 23.0. The molecule has 3 atom stereocenters. The second-order valence-corrected chi connectivity index (χ2v) is 7.62. The van der Waals surface area contributed by atoms with E-state index in [1.807, 2.05) is 20.8 Å². The Balaban J connectivity index is 2.26. The Bertz CT molecular complexity index is 686. The first-order valence-corrected chi connectivity index (χ1v) is 10.2. The Morgan fingerprint density at radius 2 is 2.07 bits per heavy atom. The van der Waals surface area contributed by atoms with E-state index in [0.29, 0.717) is 42.4 Å². The average Bonchev–Trinajstić information content (AvgIpc) is 2.68. The van der Waals surface area contributed by atoms with Crippen LogP contribution < -0.4 is 10.1 Å². The standard InChI is InChI=1S/C22H33NO5/c1-6-16(4)28-19-11-10-17(13-18(19)20(24)26-5)23-21(25)22(27-7-2)12-8-9-15(3)14-22/h10-11,13,15-16H,6-9,12,14H2,1-5H3,(H,23,25)/t15-,16+,22+/m1/s1. The molecule has 0 unspecified atom stereocenters. The lowest BCUT2D eigenvalue weighted by atomic mass is 9.78. The summed E-state index contributed by atoms with van der Waals surface area (Å²) in [7, 11) is 1.33. The van der Waals surface area contributed by atoms with E-state index in [0.717, 1.165) is 19.3 Å². The van der Waals surface area contributed by atoms with Crippen LogP contribution >= 0.6 is 0 Å². The molecule has 0 spiro atoms.